The van der Waals surface area contributed by atoms with Gasteiger partial charge in [0.15, 0.2) is 0 Å². The van der Waals surface area contributed by atoms with Gasteiger partial charge < -0.3 is 50.0 Å². The van der Waals surface area contributed by atoms with Crippen molar-refractivity contribution >= 4 is 87.9 Å². The number of methoxy groups -OCH3 is 1. The van der Waals surface area contributed by atoms with Crippen molar-refractivity contribution in [3.05, 3.63) is 0 Å². The van der Waals surface area contributed by atoms with Gasteiger partial charge in [0.1, 0.15) is 6.61 Å². The molecule has 0 fully saturated rings. The molecule has 0 heterocycles. The van der Waals surface area contributed by atoms with E-state index >= 15 is 0 Å². The van der Waals surface area contributed by atoms with E-state index < -0.39 is 12.6 Å². The zero-order chi connectivity index (χ0) is 7.70. The molecule has 134 valence electrons. The molecule has 0 aromatic rings. The smallest absolute Gasteiger partial charge is 1.00 e. The summed E-state index contributed by atoms with van der Waals surface area (Å²) in [4.78, 5) is 17.9. The number of carbonyl (C=O) groups excluding carboxylic acids is 1. The molecule has 0 bridgehead atoms. The fourth-order valence-electron chi connectivity index (χ4n) is 0.0645. The van der Waals surface area contributed by atoms with Crippen LogP contribution in [0.2, 0.25) is 0 Å². The van der Waals surface area contributed by atoms with Crippen LogP contribution in [0.3, 0.4) is 0 Å². The second kappa shape index (κ2) is 152. The Kier molecular flexibility index (Phi) is 1000. The third-order valence-corrected chi connectivity index (χ3v) is 0.357. The van der Waals surface area contributed by atoms with Crippen molar-refractivity contribution in [1.82, 2.24) is 0 Å². The van der Waals surface area contributed by atoms with Crippen molar-refractivity contribution in [3.8, 4) is 0 Å². The first-order valence-corrected chi connectivity index (χ1v) is 1.91. The molecule has 6 nitrogen and oxygen atoms in total. The molecule has 21 heavy (non-hydrogen) atoms. The van der Waals surface area contributed by atoms with Gasteiger partial charge >= 0.3 is 81.4 Å². The van der Waals surface area contributed by atoms with E-state index in [-0.39, 0.29) is 158 Å². The largest absolute Gasteiger partial charge is 2.00 e. The van der Waals surface area contributed by atoms with Crippen LogP contribution in [0.5, 0.6) is 0 Å². The Morgan fingerprint density at radius 3 is 1.10 bits per heavy atom. The topological polar surface area (TPSA) is 114 Å². The van der Waals surface area contributed by atoms with Crippen molar-refractivity contribution in [1.29, 1.82) is 0 Å². The van der Waals surface area contributed by atoms with E-state index in [1.165, 1.54) is 7.11 Å². The molecule has 3 N–H and O–H groups in total. The van der Waals surface area contributed by atoms with Gasteiger partial charge in [-0.1, -0.05) is 58.5 Å². The Labute approximate surface area is 205 Å². The number of rotatable bonds is 1. The van der Waals surface area contributed by atoms with Crippen LogP contribution in [0, 0.1) is 0 Å². The molecule has 0 amide bonds. The Morgan fingerprint density at radius 2 is 1.10 bits per heavy atom. The van der Waals surface area contributed by atoms with E-state index in [1.807, 2.05) is 0 Å². The average molecular weight is 415 g/mol. The number of hydrogen-bond acceptors (Lipinski definition) is 5. The van der Waals surface area contributed by atoms with Crippen molar-refractivity contribution in [2.75, 3.05) is 13.7 Å². The summed E-state index contributed by atoms with van der Waals surface area (Å²) in [7, 11) is 1.22. The first-order valence-electron chi connectivity index (χ1n) is 1.91. The van der Waals surface area contributed by atoms with Gasteiger partial charge in [-0.2, -0.15) is 0 Å². The minimum absolute atomic E-state index is 0. The second-order valence-corrected chi connectivity index (χ2v) is 0.826. The molecule has 0 aliphatic heterocycles. The molecule has 0 aromatic heterocycles. The maximum atomic E-state index is 9.71. The van der Waals surface area contributed by atoms with Gasteiger partial charge in [0.25, 0.3) is 0 Å². The molecule has 0 atom stereocenters. The number of aliphatic hydroxyl groups is 1. The van der Waals surface area contributed by atoms with E-state index in [0.29, 0.717) is 6.47 Å². The minimum atomic E-state index is -0.602. The molecule has 0 rings (SSSR count). The van der Waals surface area contributed by atoms with Gasteiger partial charge in [0.05, 0.1) is 7.11 Å². The van der Waals surface area contributed by atoms with Crippen molar-refractivity contribution in [2.45, 2.75) is 52.0 Å². The third kappa shape index (κ3) is 246. The van der Waals surface area contributed by atoms with Crippen molar-refractivity contribution < 1.29 is 54.8 Å². The average Bonchev–Trinajstić information content (AvgIpc) is 1.88. The number of carbonyl (C=O) groups is 1. The van der Waals surface area contributed by atoms with Crippen LogP contribution in [0.25, 0.3) is 0 Å². The fraction of sp³-hybridized carbons (Fsp3) is 0.818. The van der Waals surface area contributed by atoms with Crippen LogP contribution in [0.15, 0.2) is 0 Å². The van der Waals surface area contributed by atoms with Crippen LogP contribution < -0.4 is 24.8 Å². The SMILES string of the molecule is C.C.C.C.C.C.C.COC(=O)CO.O=[C-]O.[Ca+2].[Ca+2].[Cl-].[Cl-].[OH-]. The van der Waals surface area contributed by atoms with Crippen molar-refractivity contribution in [2.24, 2.45) is 0 Å². The fourth-order valence-corrected chi connectivity index (χ4v) is 0.0645. The number of halogens is 2. The van der Waals surface area contributed by atoms with Crippen LogP contribution in [-0.2, 0) is 14.3 Å². The molecular formula is C11H36Ca2Cl2O6. The molecule has 0 aliphatic rings. The van der Waals surface area contributed by atoms with Gasteiger partial charge in [-0.05, 0) is 0 Å². The Hall–Kier alpha value is 1.96. The summed E-state index contributed by atoms with van der Waals surface area (Å²) in [5.74, 6) is -0.602. The zero-order valence-electron chi connectivity index (χ0n) is 7.44. The number of ether oxygens (including phenoxy) is 1. The first-order chi connectivity index (χ1) is 4.22. The minimum Gasteiger partial charge on any atom is -1.00 e. The third-order valence-electron chi connectivity index (χ3n) is 0.357. The number of esters is 1. The molecule has 0 saturated carbocycles. The first kappa shape index (κ1) is 138. The summed E-state index contributed by atoms with van der Waals surface area (Å²) in [6.07, 6.45) is 0. The predicted octanol–water partition coefficient (Wildman–Crippen LogP) is -3.71. The molecule has 0 spiro atoms. The standard InChI is InChI=1S/C3H6O3.CHO2.7CH4.2Ca.2ClH.H2O/c1-6-3(5)2-4;2-1-3;;;;;;;;;;;;/h4H,2H2,1H3;(H,2,3);7*1H4;;;2*1H;1H2/q;-1;;;;;;;;2*+2;;;/p-3. The van der Waals surface area contributed by atoms with Gasteiger partial charge in [-0.15, -0.1) is 0 Å². The molecule has 0 aromatic carbocycles. The summed E-state index contributed by atoms with van der Waals surface area (Å²) in [6.45, 7) is -0.0312. The number of aliphatic hydroxyl groups excluding tert-OH is 2. The Morgan fingerprint density at radius 1 is 0.952 bits per heavy atom. The van der Waals surface area contributed by atoms with Crippen LogP contribution in [0.4, 0.5) is 0 Å². The van der Waals surface area contributed by atoms with E-state index in [2.05, 4.69) is 4.74 Å². The Balaban J connectivity index is -0.00000000259. The summed E-state index contributed by atoms with van der Waals surface area (Å²) >= 11 is 0. The molecule has 0 aliphatic carbocycles. The van der Waals surface area contributed by atoms with Crippen LogP contribution in [-0.4, -0.2) is 117 Å². The van der Waals surface area contributed by atoms with E-state index in [0.717, 1.165) is 0 Å². The second-order valence-electron chi connectivity index (χ2n) is 0.826. The monoisotopic (exact) mass is 414 g/mol. The van der Waals surface area contributed by atoms with Crippen molar-refractivity contribution in [3.63, 3.8) is 0 Å². The van der Waals surface area contributed by atoms with Gasteiger partial charge in [-0.25, -0.2) is 4.79 Å². The molecule has 10 heteroatoms. The van der Waals surface area contributed by atoms with E-state index in [9.17, 15) is 4.79 Å². The maximum Gasteiger partial charge on any atom is 2.00 e. The zero-order valence-corrected chi connectivity index (χ0v) is 13.4. The number of hydrogen-bond donors (Lipinski definition) is 2. The van der Waals surface area contributed by atoms with Crippen LogP contribution >= 0.6 is 0 Å². The summed E-state index contributed by atoms with van der Waals surface area (Å²) in [6, 6.07) is 0. The summed E-state index contributed by atoms with van der Waals surface area (Å²) < 4.78 is 4.01. The van der Waals surface area contributed by atoms with E-state index in [1.54, 1.807) is 0 Å². The summed E-state index contributed by atoms with van der Waals surface area (Å²) in [5.41, 5.74) is 0. The summed E-state index contributed by atoms with van der Waals surface area (Å²) in [5, 5.41) is 14.6. The normalized spacial score (nSPS) is 2.76. The quantitative estimate of drug-likeness (QED) is 0.259. The van der Waals surface area contributed by atoms with Gasteiger partial charge in [0, 0.05) is 0 Å². The molecular weight excluding hydrogens is 379 g/mol. The Bertz CT molecular complexity index is 98.8. The van der Waals surface area contributed by atoms with Crippen LogP contribution in [0.1, 0.15) is 52.0 Å². The molecule has 0 radical (unpaired) electrons. The predicted molar refractivity (Wildman–Crippen MR) is 88.0 cm³/mol. The molecule has 0 saturated heterocycles. The maximum absolute atomic E-state index is 9.71. The van der Waals surface area contributed by atoms with Gasteiger partial charge in [0.2, 0.25) is 0 Å². The van der Waals surface area contributed by atoms with E-state index in [4.69, 9.17) is 15.0 Å². The van der Waals surface area contributed by atoms with Gasteiger partial charge in [-0.3, -0.25) is 0 Å². The molecule has 0 unspecified atom stereocenters.